The number of piperidine rings is 1. The Balaban J connectivity index is 1.58. The number of rotatable bonds is 3. The molecule has 0 radical (unpaired) electrons. The fourth-order valence-corrected chi connectivity index (χ4v) is 2.94. The van der Waals surface area contributed by atoms with Crippen molar-refractivity contribution in [1.29, 1.82) is 0 Å². The molecule has 0 spiro atoms. The number of aromatic nitrogens is 5. The molecule has 0 aliphatic carbocycles. The first-order chi connectivity index (χ1) is 12.0. The predicted molar refractivity (Wildman–Crippen MR) is 85.9 cm³/mol. The third kappa shape index (κ3) is 2.90. The molecule has 2 N–H and O–H groups in total. The number of H-pyrrole nitrogens is 1. The molecule has 0 bridgehead atoms. The van der Waals surface area contributed by atoms with E-state index in [2.05, 4.69) is 25.6 Å². The molecule has 4 rings (SSSR count). The van der Waals surface area contributed by atoms with Crippen LogP contribution in [0.3, 0.4) is 0 Å². The first-order valence-corrected chi connectivity index (χ1v) is 7.80. The summed E-state index contributed by atoms with van der Waals surface area (Å²) in [5.74, 6) is -2.89. The smallest absolute Gasteiger partial charge is 0.265 e. The maximum atomic E-state index is 13.7. The van der Waals surface area contributed by atoms with Crippen molar-refractivity contribution in [2.24, 2.45) is 0 Å². The number of amides is 1. The van der Waals surface area contributed by atoms with Crippen LogP contribution >= 0.6 is 0 Å². The average Bonchev–Trinajstić information content (AvgIpc) is 3.20. The van der Waals surface area contributed by atoms with Crippen molar-refractivity contribution in [2.75, 3.05) is 23.3 Å². The molecule has 0 saturated carbocycles. The lowest BCUT2D eigenvalue weighted by Crippen LogP contribution is -2.43. The van der Waals surface area contributed by atoms with E-state index in [9.17, 15) is 13.6 Å². The van der Waals surface area contributed by atoms with Crippen LogP contribution in [-0.4, -0.2) is 49.7 Å². The minimum Gasteiger partial charge on any atom is -0.347 e. The Morgan fingerprint density at radius 1 is 1.40 bits per heavy atom. The Kier molecular flexibility index (Phi) is 3.59. The molecule has 10 heteroatoms. The Morgan fingerprint density at radius 3 is 3.12 bits per heavy atom. The summed E-state index contributed by atoms with van der Waals surface area (Å²) in [5.41, 5.74) is 1.05. The number of alkyl halides is 2. The van der Waals surface area contributed by atoms with Crippen molar-refractivity contribution in [3.05, 3.63) is 36.4 Å². The van der Waals surface area contributed by atoms with Crippen LogP contribution in [0.1, 0.15) is 23.2 Å². The topological polar surface area (TPSA) is 91.2 Å². The molecule has 1 aliphatic rings. The summed E-state index contributed by atoms with van der Waals surface area (Å²) < 4.78 is 28.8. The van der Waals surface area contributed by atoms with Gasteiger partial charge >= 0.3 is 0 Å². The summed E-state index contributed by atoms with van der Waals surface area (Å²) in [4.78, 5) is 18.1. The lowest BCUT2D eigenvalue weighted by Gasteiger charge is -2.32. The van der Waals surface area contributed by atoms with E-state index in [1.165, 1.54) is 21.8 Å². The van der Waals surface area contributed by atoms with Gasteiger partial charge in [0.05, 0.1) is 12.7 Å². The summed E-state index contributed by atoms with van der Waals surface area (Å²) in [6.07, 6.45) is 6.35. The lowest BCUT2D eigenvalue weighted by atomic mass is 10.1. The van der Waals surface area contributed by atoms with Gasteiger partial charge in [-0.2, -0.15) is 10.2 Å². The number of halogens is 2. The van der Waals surface area contributed by atoms with Gasteiger partial charge in [0.15, 0.2) is 11.5 Å². The lowest BCUT2D eigenvalue weighted by molar-refractivity contribution is -0.0118. The second kappa shape index (κ2) is 5.80. The number of carbonyl (C=O) groups is 1. The van der Waals surface area contributed by atoms with Gasteiger partial charge in [0, 0.05) is 31.6 Å². The zero-order chi connectivity index (χ0) is 17.4. The average molecular weight is 347 g/mol. The molecular weight excluding hydrogens is 332 g/mol. The largest absolute Gasteiger partial charge is 0.347 e. The van der Waals surface area contributed by atoms with Crippen LogP contribution in [0.2, 0.25) is 0 Å². The van der Waals surface area contributed by atoms with Crippen molar-refractivity contribution < 1.29 is 13.6 Å². The van der Waals surface area contributed by atoms with Gasteiger partial charge in [-0.25, -0.2) is 18.3 Å². The monoisotopic (exact) mass is 347 g/mol. The van der Waals surface area contributed by atoms with Gasteiger partial charge in [0.1, 0.15) is 11.3 Å². The molecule has 1 fully saturated rings. The van der Waals surface area contributed by atoms with Crippen LogP contribution in [0.15, 0.2) is 30.9 Å². The normalized spacial score (nSPS) is 17.0. The van der Waals surface area contributed by atoms with Gasteiger partial charge in [0.25, 0.3) is 11.8 Å². The highest BCUT2D eigenvalue weighted by molar-refractivity contribution is 6.09. The highest BCUT2D eigenvalue weighted by atomic mass is 19.3. The minimum atomic E-state index is -2.76. The van der Waals surface area contributed by atoms with Gasteiger partial charge in [0.2, 0.25) is 0 Å². The van der Waals surface area contributed by atoms with Gasteiger partial charge in [-0.1, -0.05) is 0 Å². The van der Waals surface area contributed by atoms with Gasteiger partial charge in [-0.15, -0.1) is 0 Å². The number of nitrogens with one attached hydrogen (secondary N) is 2. The summed E-state index contributed by atoms with van der Waals surface area (Å²) >= 11 is 0. The molecule has 0 atom stereocenters. The van der Waals surface area contributed by atoms with E-state index < -0.39 is 18.4 Å². The number of nitrogens with zero attached hydrogens (tertiary/aromatic N) is 5. The third-order valence-corrected chi connectivity index (χ3v) is 4.08. The highest BCUT2D eigenvalue weighted by Gasteiger charge is 2.36. The van der Waals surface area contributed by atoms with E-state index in [4.69, 9.17) is 0 Å². The standard InChI is InChI=1S/C15H15F2N7O/c16-15(17)3-1-5-23(9-15)13-11(8-19-22-13)21-14(25)10-7-20-24-6-2-4-18-12(10)24/h2,4,6-8H,1,3,5,9H2,(H,19,22)(H,21,25). The Morgan fingerprint density at radius 2 is 2.28 bits per heavy atom. The van der Waals surface area contributed by atoms with E-state index in [1.54, 1.807) is 18.5 Å². The van der Waals surface area contributed by atoms with Gasteiger partial charge in [-0.3, -0.25) is 9.89 Å². The molecule has 0 aromatic carbocycles. The Labute approximate surface area is 140 Å². The van der Waals surface area contributed by atoms with E-state index in [1.807, 2.05) is 0 Å². The predicted octanol–water partition coefficient (Wildman–Crippen LogP) is 1.94. The van der Waals surface area contributed by atoms with Gasteiger partial charge < -0.3 is 10.2 Å². The first-order valence-electron chi connectivity index (χ1n) is 7.80. The Hall–Kier alpha value is -3.04. The summed E-state index contributed by atoms with van der Waals surface area (Å²) in [7, 11) is 0. The fraction of sp³-hybridized carbons (Fsp3) is 0.333. The van der Waals surface area contributed by atoms with E-state index >= 15 is 0 Å². The van der Waals surface area contributed by atoms with Crippen molar-refractivity contribution >= 4 is 23.1 Å². The van der Waals surface area contributed by atoms with Gasteiger partial charge in [-0.05, 0) is 12.5 Å². The van der Waals surface area contributed by atoms with Crippen molar-refractivity contribution in [1.82, 2.24) is 24.8 Å². The molecular formula is C15H15F2N7O. The SMILES string of the molecule is O=C(Nc1c[nH]nc1N1CCCC(F)(F)C1)c1cnn2cccnc12. The minimum absolute atomic E-state index is 0.135. The summed E-state index contributed by atoms with van der Waals surface area (Å²) in [5, 5.41) is 13.4. The Bertz CT molecular complexity index is 919. The van der Waals surface area contributed by atoms with Crippen LogP contribution in [0.25, 0.3) is 5.65 Å². The number of hydrogen-bond donors (Lipinski definition) is 2. The summed E-state index contributed by atoms with van der Waals surface area (Å²) in [6, 6.07) is 1.70. The number of fused-ring (bicyclic) bond motifs is 1. The zero-order valence-electron chi connectivity index (χ0n) is 13.1. The molecule has 0 unspecified atom stereocenters. The van der Waals surface area contributed by atoms with E-state index in [-0.39, 0.29) is 12.0 Å². The molecule has 4 heterocycles. The number of anilines is 2. The number of carbonyl (C=O) groups excluding carboxylic acids is 1. The van der Waals surface area contributed by atoms with Crippen molar-refractivity contribution in [2.45, 2.75) is 18.8 Å². The van der Waals surface area contributed by atoms with Crippen LogP contribution in [0.5, 0.6) is 0 Å². The van der Waals surface area contributed by atoms with E-state index in [0.29, 0.717) is 30.1 Å². The third-order valence-electron chi connectivity index (χ3n) is 4.08. The van der Waals surface area contributed by atoms with Crippen molar-refractivity contribution in [3.63, 3.8) is 0 Å². The van der Waals surface area contributed by atoms with Crippen LogP contribution in [-0.2, 0) is 0 Å². The zero-order valence-corrected chi connectivity index (χ0v) is 13.1. The van der Waals surface area contributed by atoms with Crippen molar-refractivity contribution in [3.8, 4) is 0 Å². The molecule has 1 saturated heterocycles. The molecule has 25 heavy (non-hydrogen) atoms. The fourth-order valence-electron chi connectivity index (χ4n) is 2.94. The molecule has 3 aromatic heterocycles. The highest BCUT2D eigenvalue weighted by Crippen LogP contribution is 2.32. The molecule has 1 aliphatic heterocycles. The van der Waals surface area contributed by atoms with Crippen LogP contribution in [0, 0.1) is 0 Å². The molecule has 8 nitrogen and oxygen atoms in total. The number of aromatic amines is 1. The second-order valence-corrected chi connectivity index (χ2v) is 5.90. The van der Waals surface area contributed by atoms with E-state index in [0.717, 1.165) is 0 Å². The molecule has 3 aromatic rings. The van der Waals surface area contributed by atoms with Crippen LogP contribution in [0.4, 0.5) is 20.3 Å². The molecule has 130 valence electrons. The maximum Gasteiger partial charge on any atom is 0.265 e. The first kappa shape index (κ1) is 15.5. The number of hydrogen-bond acceptors (Lipinski definition) is 5. The quantitative estimate of drug-likeness (QED) is 0.756. The molecule has 1 amide bonds. The summed E-state index contributed by atoms with van der Waals surface area (Å²) in [6.45, 7) is 0.0422. The second-order valence-electron chi connectivity index (χ2n) is 5.90. The van der Waals surface area contributed by atoms with Crippen LogP contribution < -0.4 is 10.2 Å². The maximum absolute atomic E-state index is 13.7.